The molecule has 1 saturated heterocycles. The molecule has 6 nitrogen and oxygen atoms in total. The Morgan fingerprint density at radius 1 is 0.906 bits per heavy atom. The van der Waals surface area contributed by atoms with Gasteiger partial charge in [0.2, 0.25) is 0 Å². The molecule has 0 bridgehead atoms. The zero-order chi connectivity index (χ0) is 22.3. The minimum absolute atomic E-state index is 0.208. The van der Waals surface area contributed by atoms with E-state index in [2.05, 4.69) is 44.9 Å². The van der Waals surface area contributed by atoms with E-state index in [1.807, 2.05) is 30.3 Å². The lowest BCUT2D eigenvalue weighted by atomic mass is 10.2. The van der Waals surface area contributed by atoms with Crippen LogP contribution in [0.15, 0.2) is 82.9 Å². The molecule has 1 aliphatic rings. The van der Waals surface area contributed by atoms with E-state index in [0.29, 0.717) is 28.2 Å². The number of amides is 2. The second kappa shape index (κ2) is 10.6. The van der Waals surface area contributed by atoms with Crippen molar-refractivity contribution in [2.24, 2.45) is 0 Å². The smallest absolute Gasteiger partial charge is 0.270 e. The van der Waals surface area contributed by atoms with E-state index >= 15 is 0 Å². The molecular formula is C25H24IN3O3. The zero-order valence-electron chi connectivity index (χ0n) is 17.5. The highest BCUT2D eigenvalue weighted by molar-refractivity contribution is 14.1. The van der Waals surface area contributed by atoms with Gasteiger partial charge in [-0.15, -0.1) is 0 Å². The predicted molar refractivity (Wildman–Crippen MR) is 132 cm³/mol. The van der Waals surface area contributed by atoms with E-state index < -0.39 is 0 Å². The number of rotatable bonds is 6. The van der Waals surface area contributed by atoms with E-state index in [4.69, 9.17) is 4.42 Å². The molecule has 0 unspecified atom stereocenters. The maximum absolute atomic E-state index is 13.3. The summed E-state index contributed by atoms with van der Waals surface area (Å²) in [6.07, 6.45) is 1.60. The molecule has 2 amide bonds. The van der Waals surface area contributed by atoms with Gasteiger partial charge in [-0.05, 0) is 52.4 Å². The van der Waals surface area contributed by atoms with Crippen LogP contribution in [0, 0.1) is 3.77 Å². The topological polar surface area (TPSA) is 65.8 Å². The van der Waals surface area contributed by atoms with Gasteiger partial charge in [-0.1, -0.05) is 48.5 Å². The number of hydrogen-bond acceptors (Lipinski definition) is 4. The van der Waals surface area contributed by atoms with Crippen molar-refractivity contribution < 1.29 is 14.0 Å². The Morgan fingerprint density at radius 2 is 1.56 bits per heavy atom. The summed E-state index contributed by atoms with van der Waals surface area (Å²) in [6.45, 7) is 3.61. The van der Waals surface area contributed by atoms with Crippen molar-refractivity contribution in [1.29, 1.82) is 0 Å². The molecule has 2 heterocycles. The van der Waals surface area contributed by atoms with Gasteiger partial charge in [-0.2, -0.15) is 0 Å². The third-order valence-corrected chi connectivity index (χ3v) is 5.88. The van der Waals surface area contributed by atoms with Gasteiger partial charge in [0.1, 0.15) is 11.5 Å². The van der Waals surface area contributed by atoms with Gasteiger partial charge in [-0.25, -0.2) is 0 Å². The van der Waals surface area contributed by atoms with Crippen molar-refractivity contribution in [2.75, 3.05) is 26.2 Å². The third kappa shape index (κ3) is 5.86. The second-order valence-corrected chi connectivity index (χ2v) is 8.64. The van der Waals surface area contributed by atoms with E-state index in [1.54, 1.807) is 41.3 Å². The minimum atomic E-state index is -0.325. The standard InChI is InChI=1S/C25H24IN3O3/c26-23-12-11-21(32-23)17-22(27-24(30)20-9-5-2-6-10-20)25(31)29-15-13-28(14-16-29)18-19-7-3-1-4-8-19/h1-12,17H,13-16,18H2,(H,27,30)/b22-17-. The van der Waals surface area contributed by atoms with Crippen molar-refractivity contribution in [1.82, 2.24) is 15.1 Å². The van der Waals surface area contributed by atoms with Crippen molar-refractivity contribution in [2.45, 2.75) is 6.54 Å². The Kier molecular flexibility index (Phi) is 7.39. The lowest BCUT2D eigenvalue weighted by Gasteiger charge is -2.35. The van der Waals surface area contributed by atoms with Gasteiger partial charge in [0, 0.05) is 44.4 Å². The van der Waals surface area contributed by atoms with E-state index in [-0.39, 0.29) is 17.5 Å². The molecule has 7 heteroatoms. The van der Waals surface area contributed by atoms with Crippen LogP contribution in [0.4, 0.5) is 0 Å². The first kappa shape index (κ1) is 22.3. The minimum Gasteiger partial charge on any atom is -0.451 e. The molecule has 1 fully saturated rings. The Labute approximate surface area is 201 Å². The molecule has 4 rings (SSSR count). The molecule has 1 N–H and O–H groups in total. The highest BCUT2D eigenvalue weighted by Gasteiger charge is 2.25. The number of nitrogens with one attached hydrogen (secondary N) is 1. The summed E-state index contributed by atoms with van der Waals surface area (Å²) in [5, 5.41) is 2.79. The van der Waals surface area contributed by atoms with Crippen molar-refractivity contribution in [3.8, 4) is 0 Å². The summed E-state index contributed by atoms with van der Waals surface area (Å²) in [6, 6.07) is 22.8. The molecule has 2 aromatic carbocycles. The fourth-order valence-corrected chi connectivity index (χ4v) is 4.04. The van der Waals surface area contributed by atoms with E-state index in [9.17, 15) is 9.59 Å². The zero-order valence-corrected chi connectivity index (χ0v) is 19.7. The van der Waals surface area contributed by atoms with Crippen LogP contribution in [0.5, 0.6) is 0 Å². The summed E-state index contributed by atoms with van der Waals surface area (Å²) in [5.41, 5.74) is 1.96. The third-order valence-electron chi connectivity index (χ3n) is 5.30. The maximum atomic E-state index is 13.3. The van der Waals surface area contributed by atoms with Gasteiger partial charge in [-0.3, -0.25) is 14.5 Å². The molecule has 1 aliphatic heterocycles. The number of carbonyl (C=O) groups excluding carboxylic acids is 2. The molecule has 0 aliphatic carbocycles. The maximum Gasteiger partial charge on any atom is 0.270 e. The average molecular weight is 541 g/mol. The molecule has 0 atom stereocenters. The Bertz CT molecular complexity index is 1090. The lowest BCUT2D eigenvalue weighted by Crippen LogP contribution is -2.50. The van der Waals surface area contributed by atoms with Crippen LogP contribution in [-0.2, 0) is 11.3 Å². The van der Waals surface area contributed by atoms with Crippen LogP contribution in [0.1, 0.15) is 21.7 Å². The molecule has 0 spiro atoms. The van der Waals surface area contributed by atoms with Crippen molar-refractivity contribution >= 4 is 40.5 Å². The van der Waals surface area contributed by atoms with Crippen molar-refractivity contribution in [3.63, 3.8) is 0 Å². The number of furan rings is 1. The van der Waals surface area contributed by atoms with Crippen LogP contribution >= 0.6 is 22.6 Å². The Morgan fingerprint density at radius 3 is 2.19 bits per heavy atom. The molecule has 1 aromatic heterocycles. The fraction of sp³-hybridized carbons (Fsp3) is 0.200. The Hall–Kier alpha value is -2.91. The summed E-state index contributed by atoms with van der Waals surface area (Å²) >= 11 is 2.07. The molecule has 32 heavy (non-hydrogen) atoms. The van der Waals surface area contributed by atoms with Crippen LogP contribution in [-0.4, -0.2) is 47.8 Å². The number of piperazine rings is 1. The van der Waals surface area contributed by atoms with Crippen LogP contribution < -0.4 is 5.32 Å². The largest absolute Gasteiger partial charge is 0.451 e. The van der Waals surface area contributed by atoms with Gasteiger partial charge < -0.3 is 14.6 Å². The highest BCUT2D eigenvalue weighted by Crippen LogP contribution is 2.16. The lowest BCUT2D eigenvalue weighted by molar-refractivity contribution is -0.129. The van der Waals surface area contributed by atoms with E-state index in [1.165, 1.54) is 5.56 Å². The highest BCUT2D eigenvalue weighted by atomic mass is 127. The molecule has 0 saturated carbocycles. The Balaban J connectivity index is 1.45. The number of nitrogens with zero attached hydrogens (tertiary/aromatic N) is 2. The summed E-state index contributed by atoms with van der Waals surface area (Å²) < 4.78 is 6.31. The first-order valence-electron chi connectivity index (χ1n) is 10.5. The number of hydrogen-bond donors (Lipinski definition) is 1. The number of benzene rings is 2. The first-order valence-corrected chi connectivity index (χ1v) is 11.6. The van der Waals surface area contributed by atoms with Crippen LogP contribution in [0.2, 0.25) is 0 Å². The molecule has 0 radical (unpaired) electrons. The summed E-state index contributed by atoms with van der Waals surface area (Å²) in [5.74, 6) is -0.0111. The monoisotopic (exact) mass is 541 g/mol. The van der Waals surface area contributed by atoms with Gasteiger partial charge >= 0.3 is 0 Å². The number of halogens is 1. The summed E-state index contributed by atoms with van der Waals surface area (Å²) in [7, 11) is 0. The number of carbonyl (C=O) groups is 2. The predicted octanol–water partition coefficient (Wildman–Crippen LogP) is 4.00. The quantitative estimate of drug-likeness (QED) is 0.379. The van der Waals surface area contributed by atoms with Crippen LogP contribution in [0.25, 0.3) is 6.08 Å². The normalized spacial score (nSPS) is 14.9. The average Bonchev–Trinajstić information content (AvgIpc) is 3.24. The SMILES string of the molecule is O=C(N/C(=C\c1ccc(I)o1)C(=O)N1CCN(Cc2ccccc2)CC1)c1ccccc1. The van der Waals surface area contributed by atoms with Gasteiger partial charge in [0.25, 0.3) is 11.8 Å². The van der Waals surface area contributed by atoms with Crippen LogP contribution in [0.3, 0.4) is 0 Å². The van der Waals surface area contributed by atoms with Gasteiger partial charge in [0.15, 0.2) is 3.77 Å². The first-order chi connectivity index (χ1) is 15.6. The van der Waals surface area contributed by atoms with Crippen molar-refractivity contribution in [3.05, 3.63) is 99.1 Å². The molecule has 164 valence electrons. The summed E-state index contributed by atoms with van der Waals surface area (Å²) in [4.78, 5) is 30.2. The molecule has 3 aromatic rings. The molecular weight excluding hydrogens is 517 g/mol. The second-order valence-electron chi connectivity index (χ2n) is 7.57. The van der Waals surface area contributed by atoms with E-state index in [0.717, 1.165) is 19.6 Å². The fourth-order valence-electron chi connectivity index (χ4n) is 3.60. The van der Waals surface area contributed by atoms with Gasteiger partial charge in [0.05, 0.1) is 0 Å².